The van der Waals surface area contributed by atoms with Crippen molar-refractivity contribution in [3.63, 3.8) is 0 Å². The van der Waals surface area contributed by atoms with Crippen LogP contribution in [0, 0.1) is 18.3 Å². The van der Waals surface area contributed by atoms with Gasteiger partial charge in [0.05, 0.1) is 29.0 Å². The van der Waals surface area contributed by atoms with Crippen LogP contribution < -0.4 is 10.6 Å². The maximum Gasteiger partial charge on any atom is 0.101 e. The van der Waals surface area contributed by atoms with Crippen LogP contribution in [0.25, 0.3) is 0 Å². The van der Waals surface area contributed by atoms with Gasteiger partial charge in [-0.3, -0.25) is 0 Å². The van der Waals surface area contributed by atoms with Gasteiger partial charge in [0, 0.05) is 18.5 Å². The lowest BCUT2D eigenvalue weighted by Gasteiger charge is -2.20. The molecule has 0 atom stereocenters. The first-order chi connectivity index (χ1) is 9.15. The topological polar surface area (TPSA) is 65.9 Å². The highest BCUT2D eigenvalue weighted by atomic mass is 32.1. The van der Waals surface area contributed by atoms with E-state index in [1.807, 2.05) is 37.7 Å². The lowest BCUT2D eigenvalue weighted by atomic mass is 10.1. The summed E-state index contributed by atoms with van der Waals surface area (Å²) in [7, 11) is 1.98. The molecule has 0 spiro atoms. The fourth-order valence-corrected chi connectivity index (χ4v) is 2.74. The zero-order valence-corrected chi connectivity index (χ0v) is 11.9. The molecular formula is C14H16N4S. The Morgan fingerprint density at radius 3 is 2.84 bits per heavy atom. The van der Waals surface area contributed by atoms with Gasteiger partial charge in [0.25, 0.3) is 0 Å². The van der Waals surface area contributed by atoms with Gasteiger partial charge in [0.15, 0.2) is 0 Å². The van der Waals surface area contributed by atoms with Gasteiger partial charge in [-0.25, -0.2) is 4.98 Å². The summed E-state index contributed by atoms with van der Waals surface area (Å²) in [5, 5.41) is 9.24. The van der Waals surface area contributed by atoms with E-state index in [0.29, 0.717) is 12.1 Å². The molecule has 0 unspecified atom stereocenters. The number of aryl methyl sites for hydroxylation is 1. The van der Waals surface area contributed by atoms with E-state index in [1.54, 1.807) is 11.3 Å². The van der Waals surface area contributed by atoms with Crippen LogP contribution in [0.5, 0.6) is 0 Å². The summed E-state index contributed by atoms with van der Waals surface area (Å²) >= 11 is 1.64. The van der Waals surface area contributed by atoms with Crippen molar-refractivity contribution >= 4 is 17.0 Å². The van der Waals surface area contributed by atoms with Crippen LogP contribution in [0.15, 0.2) is 23.7 Å². The van der Waals surface area contributed by atoms with E-state index in [-0.39, 0.29) is 0 Å². The molecule has 4 nitrogen and oxygen atoms in total. The number of nitrogens with zero attached hydrogens (tertiary/aromatic N) is 3. The second-order valence-corrected chi connectivity index (χ2v) is 5.32. The van der Waals surface area contributed by atoms with Crippen LogP contribution in [0.2, 0.25) is 0 Å². The van der Waals surface area contributed by atoms with E-state index in [2.05, 4.69) is 16.0 Å². The highest BCUT2D eigenvalue weighted by Gasteiger charge is 2.11. The summed E-state index contributed by atoms with van der Waals surface area (Å²) in [4.78, 5) is 7.53. The number of aromatic nitrogens is 1. The predicted octanol–water partition coefficient (Wildman–Crippen LogP) is 2.42. The quantitative estimate of drug-likeness (QED) is 0.928. The van der Waals surface area contributed by atoms with Crippen molar-refractivity contribution < 1.29 is 0 Å². The Kier molecular flexibility index (Phi) is 4.15. The van der Waals surface area contributed by atoms with E-state index >= 15 is 0 Å². The zero-order chi connectivity index (χ0) is 13.8. The smallest absolute Gasteiger partial charge is 0.101 e. The highest BCUT2D eigenvalue weighted by Crippen LogP contribution is 2.24. The molecule has 0 saturated carbocycles. The summed E-state index contributed by atoms with van der Waals surface area (Å²) < 4.78 is 0. The van der Waals surface area contributed by atoms with Crippen molar-refractivity contribution in [3.8, 4) is 6.07 Å². The lowest BCUT2D eigenvalue weighted by Crippen LogP contribution is -2.17. The van der Waals surface area contributed by atoms with Gasteiger partial charge in [0.2, 0.25) is 0 Å². The van der Waals surface area contributed by atoms with Gasteiger partial charge < -0.3 is 10.6 Å². The third-order valence-electron chi connectivity index (χ3n) is 3.05. The zero-order valence-electron chi connectivity index (χ0n) is 11.1. The third-order valence-corrected chi connectivity index (χ3v) is 3.97. The Morgan fingerprint density at radius 2 is 2.26 bits per heavy atom. The van der Waals surface area contributed by atoms with E-state index in [0.717, 1.165) is 23.5 Å². The molecule has 0 amide bonds. The molecule has 0 radical (unpaired) electrons. The lowest BCUT2D eigenvalue weighted by molar-refractivity contribution is 0.921. The van der Waals surface area contributed by atoms with Crippen LogP contribution in [0.4, 0.5) is 5.69 Å². The minimum absolute atomic E-state index is 0.451. The van der Waals surface area contributed by atoms with E-state index in [1.165, 1.54) is 4.88 Å². The van der Waals surface area contributed by atoms with Gasteiger partial charge in [-0.15, -0.1) is 11.3 Å². The summed E-state index contributed by atoms with van der Waals surface area (Å²) in [6, 6.07) is 8.01. The predicted molar refractivity (Wildman–Crippen MR) is 78.0 cm³/mol. The molecular weight excluding hydrogens is 256 g/mol. The number of benzene rings is 1. The fourth-order valence-electron chi connectivity index (χ4n) is 1.91. The number of anilines is 1. The summed E-state index contributed by atoms with van der Waals surface area (Å²) in [6.45, 7) is 3.21. The Hall–Kier alpha value is -1.90. The second kappa shape index (κ2) is 5.83. The van der Waals surface area contributed by atoms with Crippen LogP contribution in [0.1, 0.15) is 21.7 Å². The van der Waals surface area contributed by atoms with Crippen molar-refractivity contribution in [1.29, 1.82) is 5.26 Å². The summed E-state index contributed by atoms with van der Waals surface area (Å²) in [5.41, 5.74) is 11.1. The molecule has 0 saturated heterocycles. The van der Waals surface area contributed by atoms with Crippen LogP contribution >= 0.6 is 11.3 Å². The van der Waals surface area contributed by atoms with Crippen molar-refractivity contribution in [2.75, 3.05) is 11.9 Å². The molecule has 5 heteroatoms. The summed E-state index contributed by atoms with van der Waals surface area (Å²) in [6.07, 6.45) is 0. The van der Waals surface area contributed by atoms with Gasteiger partial charge in [-0.1, -0.05) is 6.07 Å². The highest BCUT2D eigenvalue weighted by molar-refractivity contribution is 7.09. The molecule has 2 N–H and O–H groups in total. The minimum atomic E-state index is 0.451. The first kappa shape index (κ1) is 13.5. The molecule has 0 fully saturated rings. The summed E-state index contributed by atoms with van der Waals surface area (Å²) in [5.74, 6) is 0. The van der Waals surface area contributed by atoms with Crippen LogP contribution in [-0.4, -0.2) is 12.0 Å². The average molecular weight is 272 g/mol. The Labute approximate surface area is 117 Å². The number of nitrogens with two attached hydrogens (primary N) is 1. The maximum atomic E-state index is 9.24. The number of nitriles is 1. The minimum Gasteiger partial charge on any atom is -0.368 e. The van der Waals surface area contributed by atoms with Crippen LogP contribution in [-0.2, 0) is 13.1 Å². The largest absolute Gasteiger partial charge is 0.368 e. The Bertz CT molecular complexity index is 612. The van der Waals surface area contributed by atoms with Gasteiger partial charge >= 0.3 is 0 Å². The second-order valence-electron chi connectivity index (χ2n) is 4.38. The van der Waals surface area contributed by atoms with Crippen LogP contribution in [0.3, 0.4) is 0 Å². The molecule has 0 aliphatic rings. The molecule has 98 valence electrons. The Morgan fingerprint density at radius 1 is 1.47 bits per heavy atom. The third kappa shape index (κ3) is 2.92. The van der Waals surface area contributed by atoms with E-state index in [9.17, 15) is 5.26 Å². The molecule has 1 aromatic heterocycles. The van der Waals surface area contributed by atoms with E-state index in [4.69, 9.17) is 5.73 Å². The molecule has 0 bridgehead atoms. The first-order valence-corrected chi connectivity index (χ1v) is 6.87. The molecule has 19 heavy (non-hydrogen) atoms. The molecule has 0 aliphatic carbocycles. The van der Waals surface area contributed by atoms with Gasteiger partial charge in [-0.2, -0.15) is 5.26 Å². The normalized spacial score (nSPS) is 10.2. The molecule has 2 aromatic rings. The molecule has 0 aliphatic heterocycles. The van der Waals surface area contributed by atoms with Crippen molar-refractivity contribution in [2.24, 2.45) is 5.73 Å². The number of thiazole rings is 1. The molecule has 1 aromatic carbocycles. The van der Waals surface area contributed by atoms with Gasteiger partial charge in [-0.05, 0) is 24.6 Å². The molecule has 1 heterocycles. The van der Waals surface area contributed by atoms with Crippen molar-refractivity contribution in [3.05, 3.63) is 45.4 Å². The number of hydrogen-bond donors (Lipinski definition) is 1. The van der Waals surface area contributed by atoms with Crippen molar-refractivity contribution in [2.45, 2.75) is 20.0 Å². The van der Waals surface area contributed by atoms with E-state index < -0.39 is 0 Å². The SMILES string of the molecule is Cc1ncsc1CN(C)c1ccc(CN)cc1C#N. The molecule has 2 rings (SSSR count). The number of rotatable bonds is 4. The maximum absolute atomic E-state index is 9.24. The first-order valence-electron chi connectivity index (χ1n) is 5.99. The number of hydrogen-bond acceptors (Lipinski definition) is 5. The average Bonchev–Trinajstić information content (AvgIpc) is 2.83. The monoisotopic (exact) mass is 272 g/mol. The fraction of sp³-hybridized carbons (Fsp3) is 0.286. The Balaban J connectivity index is 2.26. The van der Waals surface area contributed by atoms with Crippen molar-refractivity contribution in [1.82, 2.24) is 4.98 Å². The standard InChI is InChI=1S/C14H16N4S/c1-10-14(19-9-17-10)8-18(2)13-4-3-11(6-15)5-12(13)7-16/h3-5,9H,6,8,15H2,1-2H3. The van der Waals surface area contributed by atoms with Gasteiger partial charge in [0.1, 0.15) is 6.07 Å².